The average Bonchev–Trinajstić information content (AvgIpc) is 3.69. The maximum atomic E-state index is 13.8. The van der Waals surface area contributed by atoms with Crippen LogP contribution in [0.4, 0.5) is 0 Å². The molecule has 56 heavy (non-hydrogen) atoms. The number of ether oxygens (including phenoxy) is 6. The second-order valence-corrected chi connectivity index (χ2v) is 17.8. The van der Waals surface area contributed by atoms with Crippen molar-refractivity contribution in [2.45, 2.75) is 121 Å². The van der Waals surface area contributed by atoms with E-state index in [0.717, 1.165) is 32.3 Å². The molecule has 4 aliphatic carbocycles. The Labute approximate surface area is 329 Å². The number of rotatable bonds is 8. The highest BCUT2D eigenvalue weighted by Crippen LogP contribution is 2.72. The van der Waals surface area contributed by atoms with Crippen LogP contribution >= 0.6 is 0 Å². The van der Waals surface area contributed by atoms with Gasteiger partial charge in [0.05, 0.1) is 41.1 Å². The smallest absolute Gasteiger partial charge is 0.338 e. The van der Waals surface area contributed by atoms with Crippen LogP contribution in [0.15, 0.2) is 91.0 Å². The summed E-state index contributed by atoms with van der Waals surface area (Å²) < 4.78 is 38.9. The van der Waals surface area contributed by atoms with Crippen LogP contribution in [-0.4, -0.2) is 66.9 Å². The van der Waals surface area contributed by atoms with Crippen molar-refractivity contribution in [3.63, 3.8) is 0 Å². The fourth-order valence-corrected chi connectivity index (χ4v) is 12.2. The largest absolute Gasteiger partial charge is 0.452 e. The molecule has 2 heterocycles. The first-order chi connectivity index (χ1) is 27.1. The summed E-state index contributed by atoms with van der Waals surface area (Å²) in [4.78, 5) is 41.1. The molecule has 0 unspecified atom stereocenters. The molecule has 2 bridgehead atoms. The molecule has 2 aliphatic heterocycles. The van der Waals surface area contributed by atoms with Gasteiger partial charge >= 0.3 is 17.9 Å². The molecule has 6 aliphatic rings. The van der Waals surface area contributed by atoms with Crippen molar-refractivity contribution in [1.29, 1.82) is 0 Å². The summed E-state index contributed by atoms with van der Waals surface area (Å²) in [6.07, 6.45) is 4.45. The zero-order chi connectivity index (χ0) is 38.7. The van der Waals surface area contributed by atoms with Crippen molar-refractivity contribution in [3.8, 4) is 0 Å². The normalized spacial score (nSPS) is 39.7. The number of hydrogen-bond donors (Lipinski definition) is 0. The molecule has 2 saturated heterocycles. The lowest BCUT2D eigenvalue weighted by molar-refractivity contribution is -0.308. The van der Waals surface area contributed by atoms with Crippen molar-refractivity contribution in [2.24, 2.45) is 34.5 Å². The Morgan fingerprint density at radius 1 is 0.607 bits per heavy atom. The molecule has 3 aromatic carbocycles. The summed E-state index contributed by atoms with van der Waals surface area (Å²) in [7, 11) is 0. The number of benzene rings is 3. The van der Waals surface area contributed by atoms with Crippen LogP contribution in [0.5, 0.6) is 0 Å². The van der Waals surface area contributed by atoms with E-state index >= 15 is 0 Å². The van der Waals surface area contributed by atoms with Gasteiger partial charge in [0.2, 0.25) is 0 Å². The van der Waals surface area contributed by atoms with Gasteiger partial charge in [-0.3, -0.25) is 0 Å². The van der Waals surface area contributed by atoms with Crippen LogP contribution in [0, 0.1) is 34.5 Å². The molecule has 0 amide bonds. The van der Waals surface area contributed by atoms with E-state index in [0.29, 0.717) is 45.8 Å². The van der Waals surface area contributed by atoms with Gasteiger partial charge in [0, 0.05) is 5.41 Å². The molecule has 3 aromatic rings. The van der Waals surface area contributed by atoms with Gasteiger partial charge in [0.25, 0.3) is 0 Å². The van der Waals surface area contributed by atoms with E-state index in [2.05, 4.69) is 13.8 Å². The van der Waals surface area contributed by atoms with Crippen LogP contribution < -0.4 is 0 Å². The molecule has 4 saturated carbocycles. The Balaban J connectivity index is 0.988. The van der Waals surface area contributed by atoms with Crippen molar-refractivity contribution in [1.82, 2.24) is 0 Å². The summed E-state index contributed by atoms with van der Waals surface area (Å²) in [6.45, 7) is 7.75. The highest BCUT2D eigenvalue weighted by molar-refractivity contribution is 5.91. The minimum absolute atomic E-state index is 0.0382. The predicted octanol–water partition coefficient (Wildman–Crippen LogP) is 8.60. The number of hydrogen-bond acceptors (Lipinski definition) is 9. The van der Waals surface area contributed by atoms with E-state index in [1.165, 1.54) is 32.1 Å². The molecule has 9 rings (SSSR count). The number of carbonyl (C=O) groups excluding carboxylic acids is 3. The topological polar surface area (TPSA) is 107 Å². The number of esters is 3. The highest BCUT2D eigenvalue weighted by atomic mass is 16.7. The van der Waals surface area contributed by atoms with Crippen molar-refractivity contribution in [3.05, 3.63) is 108 Å². The van der Waals surface area contributed by atoms with Gasteiger partial charge in [-0.15, -0.1) is 0 Å². The minimum atomic E-state index is -1.24. The third kappa shape index (κ3) is 6.29. The molecule has 0 N–H and O–H groups in total. The maximum absolute atomic E-state index is 13.8. The molecule has 9 nitrogen and oxygen atoms in total. The zero-order valence-electron chi connectivity index (χ0n) is 32.7. The first kappa shape index (κ1) is 37.5. The highest BCUT2D eigenvalue weighted by Gasteiger charge is 2.71. The lowest BCUT2D eigenvalue weighted by atomic mass is 9.44. The van der Waals surface area contributed by atoms with Crippen molar-refractivity contribution < 1.29 is 42.8 Å². The standard InChI is InChI=1S/C47H54O9/c1-29-38(54-41(48)30-13-7-4-8-14-30)39(55-42(49)31-15-9-5-10-16-31)40(56-43(50)32-17-11-6-12-18-32)44(52-29)53-35-22-24-45(2)33(27-35)19-20-37-36(45)23-25-46(3)34-21-26-47(37,46)51-28-34/h4-18,29,33-40,44H,19-28H2,1-3H3/t29-,33+,34-,35-,36-,37+,38-,39+,40+,44-,45-,46+,47-/m0/s1. The van der Waals surface area contributed by atoms with Gasteiger partial charge in [-0.2, -0.15) is 0 Å². The Kier molecular flexibility index (Phi) is 9.86. The lowest BCUT2D eigenvalue weighted by Crippen LogP contribution is -2.63. The molecule has 13 atom stereocenters. The summed E-state index contributed by atoms with van der Waals surface area (Å²) in [6, 6.07) is 25.9. The predicted molar refractivity (Wildman–Crippen MR) is 207 cm³/mol. The van der Waals surface area contributed by atoms with Gasteiger partial charge in [-0.05, 0) is 130 Å². The molecule has 0 aromatic heterocycles. The Bertz CT molecular complexity index is 1890. The maximum Gasteiger partial charge on any atom is 0.338 e. The Hall–Kier alpha value is -4.05. The van der Waals surface area contributed by atoms with Gasteiger partial charge in [-0.25, -0.2) is 14.4 Å². The third-order valence-electron chi connectivity index (χ3n) is 15.3. The van der Waals surface area contributed by atoms with Crippen LogP contribution in [0.3, 0.4) is 0 Å². The first-order valence-electron chi connectivity index (χ1n) is 20.8. The fourth-order valence-electron chi connectivity index (χ4n) is 12.2. The summed E-state index contributed by atoms with van der Waals surface area (Å²) in [5.41, 5.74) is 1.50. The molecule has 0 radical (unpaired) electrons. The van der Waals surface area contributed by atoms with E-state index in [1.54, 1.807) is 79.7 Å². The summed E-state index contributed by atoms with van der Waals surface area (Å²) in [5, 5.41) is 0. The van der Waals surface area contributed by atoms with Crippen LogP contribution in [0.2, 0.25) is 0 Å². The monoisotopic (exact) mass is 762 g/mol. The van der Waals surface area contributed by atoms with Gasteiger partial charge < -0.3 is 28.4 Å². The second-order valence-electron chi connectivity index (χ2n) is 17.8. The van der Waals surface area contributed by atoms with Crippen LogP contribution in [0.1, 0.15) is 110 Å². The van der Waals surface area contributed by atoms with Gasteiger partial charge in [0.1, 0.15) is 0 Å². The fraction of sp³-hybridized carbons (Fsp3) is 0.553. The number of carbonyl (C=O) groups is 3. The average molecular weight is 763 g/mol. The van der Waals surface area contributed by atoms with E-state index in [1.807, 2.05) is 18.2 Å². The first-order valence-corrected chi connectivity index (χ1v) is 20.8. The second kappa shape index (κ2) is 14.7. The molecule has 6 fully saturated rings. The molecule has 296 valence electrons. The molecule has 0 spiro atoms. The van der Waals surface area contributed by atoms with E-state index in [9.17, 15) is 14.4 Å². The van der Waals surface area contributed by atoms with E-state index in [-0.39, 0.29) is 17.1 Å². The SMILES string of the molecule is C[C@@H]1O[C@@H](O[C@H]2CC[C@@]3(C)[C@H](CC[C@@H]4[C@@H]3CC[C@]3(C)[C@H]5CC[C@]43OC5)C2)[C@H](OC(=O)c2ccccc2)[C@H](OC(=O)c2ccccc2)[C@H]1OC(=O)c1ccccc1. The molecule has 9 heteroatoms. The molecular formula is C47H54O9. The Morgan fingerprint density at radius 3 is 1.75 bits per heavy atom. The van der Waals surface area contributed by atoms with Crippen molar-refractivity contribution >= 4 is 17.9 Å². The van der Waals surface area contributed by atoms with E-state index in [4.69, 9.17) is 28.4 Å². The number of fused-ring (bicyclic) bond motifs is 3. The van der Waals surface area contributed by atoms with Crippen molar-refractivity contribution in [2.75, 3.05) is 6.61 Å². The lowest BCUT2D eigenvalue weighted by Gasteiger charge is -2.63. The zero-order valence-corrected chi connectivity index (χ0v) is 32.7. The van der Waals surface area contributed by atoms with Crippen LogP contribution in [0.25, 0.3) is 0 Å². The van der Waals surface area contributed by atoms with Crippen LogP contribution in [-0.2, 0) is 28.4 Å². The Morgan fingerprint density at radius 2 is 1.18 bits per heavy atom. The summed E-state index contributed by atoms with van der Waals surface area (Å²) >= 11 is 0. The minimum Gasteiger partial charge on any atom is -0.452 e. The quantitative estimate of drug-likeness (QED) is 0.127. The van der Waals surface area contributed by atoms with E-state index < -0.39 is 48.6 Å². The van der Waals surface area contributed by atoms with Gasteiger partial charge in [0.15, 0.2) is 24.6 Å². The van der Waals surface area contributed by atoms with Gasteiger partial charge in [-0.1, -0.05) is 68.4 Å². The molecular weight excluding hydrogens is 709 g/mol. The third-order valence-corrected chi connectivity index (χ3v) is 15.3. The summed E-state index contributed by atoms with van der Waals surface area (Å²) in [5.74, 6) is 0.527.